The molecule has 0 atom stereocenters. The highest BCUT2D eigenvalue weighted by Gasteiger charge is 2.13. The van der Waals surface area contributed by atoms with E-state index in [0.717, 1.165) is 34.6 Å². The maximum absolute atomic E-state index is 5.60. The van der Waals surface area contributed by atoms with Crippen molar-refractivity contribution in [1.82, 2.24) is 5.32 Å². The number of ether oxygens (including phenoxy) is 2. The smallest absolute Gasteiger partial charge is 0.128 e. The van der Waals surface area contributed by atoms with E-state index in [-0.39, 0.29) is 0 Å². The quantitative estimate of drug-likeness (QED) is 0.835. The third-order valence-electron chi connectivity index (χ3n) is 2.20. The second kappa shape index (κ2) is 4.19. The van der Waals surface area contributed by atoms with E-state index in [1.165, 1.54) is 0 Å². The van der Waals surface area contributed by atoms with Crippen molar-refractivity contribution in [2.75, 3.05) is 20.3 Å². The van der Waals surface area contributed by atoms with Crippen molar-refractivity contribution in [3.63, 3.8) is 0 Å². The molecule has 2 rings (SSSR count). The summed E-state index contributed by atoms with van der Waals surface area (Å²) >= 11 is 3.51. The number of benzene rings is 1. The van der Waals surface area contributed by atoms with E-state index in [1.807, 2.05) is 12.1 Å². The third-order valence-corrected chi connectivity index (χ3v) is 2.91. The predicted molar refractivity (Wildman–Crippen MR) is 57.9 cm³/mol. The fraction of sp³-hybridized carbons (Fsp3) is 0.400. The van der Waals surface area contributed by atoms with E-state index in [4.69, 9.17) is 9.47 Å². The van der Waals surface area contributed by atoms with Crippen molar-refractivity contribution in [3.05, 3.63) is 22.2 Å². The number of fused-ring (bicyclic) bond motifs is 1. The summed E-state index contributed by atoms with van der Waals surface area (Å²) in [6.45, 7) is 2.41. The number of halogens is 1. The first-order chi connectivity index (χ1) is 6.81. The molecule has 0 saturated carbocycles. The van der Waals surface area contributed by atoms with Crippen LogP contribution in [0.4, 0.5) is 0 Å². The van der Waals surface area contributed by atoms with Crippen LogP contribution >= 0.6 is 15.9 Å². The van der Waals surface area contributed by atoms with Crippen LogP contribution in [0.15, 0.2) is 16.6 Å². The maximum atomic E-state index is 5.60. The van der Waals surface area contributed by atoms with Crippen molar-refractivity contribution in [1.29, 1.82) is 0 Å². The average molecular weight is 258 g/mol. The number of hydrogen-bond acceptors (Lipinski definition) is 3. The van der Waals surface area contributed by atoms with E-state index >= 15 is 0 Å². The van der Waals surface area contributed by atoms with Crippen molar-refractivity contribution >= 4 is 15.9 Å². The molecule has 1 aromatic carbocycles. The zero-order chi connectivity index (χ0) is 9.97. The van der Waals surface area contributed by atoms with Crippen LogP contribution in [0.2, 0.25) is 0 Å². The van der Waals surface area contributed by atoms with E-state index in [2.05, 4.69) is 21.2 Å². The third kappa shape index (κ3) is 1.86. The largest absolute Gasteiger partial charge is 0.497 e. The monoisotopic (exact) mass is 257 g/mol. The molecule has 0 fully saturated rings. The molecule has 1 heterocycles. The summed E-state index contributed by atoms with van der Waals surface area (Å²) in [6.07, 6.45) is 0. The molecule has 4 heteroatoms. The van der Waals surface area contributed by atoms with Gasteiger partial charge in [0.05, 0.1) is 7.11 Å². The molecular formula is C10H12BrNO2. The van der Waals surface area contributed by atoms with Gasteiger partial charge in [-0.25, -0.2) is 0 Å². The molecule has 1 N–H and O–H groups in total. The van der Waals surface area contributed by atoms with Crippen LogP contribution < -0.4 is 14.8 Å². The lowest BCUT2D eigenvalue weighted by molar-refractivity contribution is 0.322. The first-order valence-electron chi connectivity index (χ1n) is 4.51. The second-order valence-corrected chi connectivity index (χ2v) is 3.97. The highest BCUT2D eigenvalue weighted by atomic mass is 79.9. The molecule has 0 aliphatic carbocycles. The van der Waals surface area contributed by atoms with Gasteiger partial charge in [-0.1, -0.05) is 15.9 Å². The van der Waals surface area contributed by atoms with Crippen molar-refractivity contribution in [2.45, 2.75) is 6.54 Å². The van der Waals surface area contributed by atoms with Gasteiger partial charge in [0.2, 0.25) is 0 Å². The molecule has 14 heavy (non-hydrogen) atoms. The van der Waals surface area contributed by atoms with E-state index < -0.39 is 0 Å². The summed E-state index contributed by atoms with van der Waals surface area (Å²) in [5.74, 6) is 1.72. The highest BCUT2D eigenvalue weighted by molar-refractivity contribution is 9.10. The summed E-state index contributed by atoms with van der Waals surface area (Å²) in [6, 6.07) is 3.88. The number of nitrogens with one attached hydrogen (secondary N) is 1. The van der Waals surface area contributed by atoms with Crippen LogP contribution in [0.3, 0.4) is 0 Å². The van der Waals surface area contributed by atoms with E-state index in [9.17, 15) is 0 Å². The Morgan fingerprint density at radius 2 is 2.36 bits per heavy atom. The Morgan fingerprint density at radius 3 is 3.14 bits per heavy atom. The molecule has 76 valence electrons. The molecule has 1 aliphatic heterocycles. The minimum atomic E-state index is 0.701. The SMILES string of the molecule is COc1cc(Br)c2c(c1)OCCNC2. The summed E-state index contributed by atoms with van der Waals surface area (Å²) in [4.78, 5) is 0. The van der Waals surface area contributed by atoms with Crippen LogP contribution in [0.5, 0.6) is 11.5 Å². The van der Waals surface area contributed by atoms with Gasteiger partial charge in [-0.2, -0.15) is 0 Å². The Kier molecular flexibility index (Phi) is 2.93. The Labute approximate surface area is 91.5 Å². The van der Waals surface area contributed by atoms with Crippen LogP contribution in [-0.2, 0) is 6.54 Å². The van der Waals surface area contributed by atoms with Gasteiger partial charge < -0.3 is 14.8 Å². The standard InChI is InChI=1S/C10H12BrNO2/c1-13-7-4-9(11)8-6-12-2-3-14-10(8)5-7/h4-5,12H,2-3,6H2,1H3. The van der Waals surface area contributed by atoms with Gasteiger partial charge in [-0.05, 0) is 6.07 Å². The molecule has 0 aromatic heterocycles. The molecular weight excluding hydrogens is 246 g/mol. The molecule has 0 radical (unpaired) electrons. The maximum Gasteiger partial charge on any atom is 0.128 e. The van der Waals surface area contributed by atoms with Gasteiger partial charge in [0.15, 0.2) is 0 Å². The van der Waals surface area contributed by atoms with Gasteiger partial charge in [-0.3, -0.25) is 0 Å². The number of rotatable bonds is 1. The Morgan fingerprint density at radius 1 is 1.50 bits per heavy atom. The Hall–Kier alpha value is -0.740. The van der Waals surface area contributed by atoms with Gasteiger partial charge in [0.25, 0.3) is 0 Å². The summed E-state index contributed by atoms with van der Waals surface area (Å²) in [5.41, 5.74) is 1.16. The van der Waals surface area contributed by atoms with Gasteiger partial charge >= 0.3 is 0 Å². The molecule has 0 unspecified atom stereocenters. The highest BCUT2D eigenvalue weighted by Crippen LogP contribution is 2.33. The molecule has 1 aliphatic rings. The summed E-state index contributed by atoms with van der Waals surface area (Å²) in [7, 11) is 1.66. The molecule has 0 spiro atoms. The van der Waals surface area contributed by atoms with Crippen LogP contribution in [0.1, 0.15) is 5.56 Å². The summed E-state index contributed by atoms with van der Waals surface area (Å²) in [5, 5.41) is 3.29. The fourth-order valence-corrected chi connectivity index (χ4v) is 2.01. The predicted octanol–water partition coefficient (Wildman–Crippen LogP) is 1.94. The minimum Gasteiger partial charge on any atom is -0.497 e. The first-order valence-corrected chi connectivity index (χ1v) is 5.30. The number of methoxy groups -OCH3 is 1. The number of hydrogen-bond donors (Lipinski definition) is 1. The molecule has 1 aromatic rings. The lowest BCUT2D eigenvalue weighted by Gasteiger charge is -2.10. The van der Waals surface area contributed by atoms with Crippen molar-refractivity contribution in [3.8, 4) is 11.5 Å². The normalized spacial score (nSPS) is 15.3. The Balaban J connectivity index is 2.43. The lowest BCUT2D eigenvalue weighted by atomic mass is 10.2. The van der Waals surface area contributed by atoms with Gasteiger partial charge in [-0.15, -0.1) is 0 Å². The summed E-state index contributed by atoms with van der Waals surface area (Å²) < 4.78 is 11.8. The lowest BCUT2D eigenvalue weighted by Crippen LogP contribution is -2.16. The molecule has 0 saturated heterocycles. The first kappa shape index (κ1) is 9.80. The minimum absolute atomic E-state index is 0.701. The molecule has 0 bridgehead atoms. The Bertz CT molecular complexity index is 341. The van der Waals surface area contributed by atoms with Gasteiger partial charge in [0, 0.05) is 29.2 Å². The average Bonchev–Trinajstić information content (AvgIpc) is 2.42. The molecule has 3 nitrogen and oxygen atoms in total. The van der Waals surface area contributed by atoms with E-state index in [1.54, 1.807) is 7.11 Å². The second-order valence-electron chi connectivity index (χ2n) is 3.11. The fourth-order valence-electron chi connectivity index (χ4n) is 1.45. The zero-order valence-electron chi connectivity index (χ0n) is 7.97. The van der Waals surface area contributed by atoms with Gasteiger partial charge in [0.1, 0.15) is 18.1 Å². The van der Waals surface area contributed by atoms with E-state index in [0.29, 0.717) is 6.61 Å². The van der Waals surface area contributed by atoms with Crippen LogP contribution in [-0.4, -0.2) is 20.3 Å². The molecule has 0 amide bonds. The van der Waals surface area contributed by atoms with Crippen LogP contribution in [0, 0.1) is 0 Å². The topological polar surface area (TPSA) is 30.5 Å². The zero-order valence-corrected chi connectivity index (χ0v) is 9.56. The van der Waals surface area contributed by atoms with Crippen molar-refractivity contribution < 1.29 is 9.47 Å². The van der Waals surface area contributed by atoms with Crippen LogP contribution in [0.25, 0.3) is 0 Å². The van der Waals surface area contributed by atoms with Crippen molar-refractivity contribution in [2.24, 2.45) is 0 Å².